The summed E-state index contributed by atoms with van der Waals surface area (Å²) in [5.41, 5.74) is 11.1. The number of thiophene rings is 2. The molecule has 0 saturated carbocycles. The average Bonchev–Trinajstić information content (AvgIpc) is 3.83. The molecule has 4 heterocycles. The highest BCUT2D eigenvalue weighted by molar-refractivity contribution is 7.25. The van der Waals surface area contributed by atoms with Gasteiger partial charge in [-0.1, -0.05) is 140 Å². The van der Waals surface area contributed by atoms with Crippen molar-refractivity contribution in [1.29, 1.82) is 0 Å². The monoisotopic (exact) mass is 749 g/mol. The lowest BCUT2D eigenvalue weighted by Gasteiger charge is -2.29. The number of rotatable bonds is 4. The number of hydrogen-bond donors (Lipinski definition) is 0. The van der Waals surface area contributed by atoms with E-state index < -0.39 is 0 Å². The van der Waals surface area contributed by atoms with Gasteiger partial charge in [0.05, 0.1) is 22.8 Å². The zero-order valence-corrected chi connectivity index (χ0v) is 31.7. The first-order valence-corrected chi connectivity index (χ1v) is 20.7. The van der Waals surface area contributed by atoms with Crippen LogP contribution in [0.4, 0.5) is 5.69 Å². The van der Waals surface area contributed by atoms with Crippen LogP contribution in [-0.2, 0) is 0 Å². The van der Waals surface area contributed by atoms with Gasteiger partial charge in [-0.15, -0.1) is 22.7 Å². The molecule has 0 amide bonds. The van der Waals surface area contributed by atoms with Crippen LogP contribution in [0.1, 0.15) is 17.5 Å². The molecule has 0 fully saturated rings. The predicted octanol–water partition coefficient (Wildman–Crippen LogP) is 12.3. The van der Waals surface area contributed by atoms with Crippen molar-refractivity contribution < 1.29 is 0 Å². The summed E-state index contributed by atoms with van der Waals surface area (Å²) in [6, 6.07) is 58.7. The second kappa shape index (κ2) is 12.5. The third-order valence-corrected chi connectivity index (χ3v) is 13.8. The molecule has 3 aromatic heterocycles. The summed E-state index contributed by atoms with van der Waals surface area (Å²) in [6.07, 6.45) is 3.35. The number of para-hydroxylation sites is 1. The van der Waals surface area contributed by atoms with E-state index in [-0.39, 0.29) is 5.92 Å². The summed E-state index contributed by atoms with van der Waals surface area (Å²) in [7, 11) is 0. The Labute approximate surface area is 330 Å². The molecule has 1 aliphatic carbocycles. The van der Waals surface area contributed by atoms with E-state index in [1.54, 1.807) is 0 Å². The maximum absolute atomic E-state index is 5.39. The van der Waals surface area contributed by atoms with Gasteiger partial charge < -0.3 is 0 Å². The number of fused-ring (bicyclic) bond motifs is 10. The van der Waals surface area contributed by atoms with Crippen molar-refractivity contribution in [3.63, 3.8) is 0 Å². The van der Waals surface area contributed by atoms with E-state index in [1.807, 2.05) is 22.7 Å². The van der Waals surface area contributed by atoms with Gasteiger partial charge in [-0.2, -0.15) is 0 Å². The lowest BCUT2D eigenvalue weighted by atomic mass is 9.78. The Balaban J connectivity index is 1.03. The standard InChI is InChI=1S/C51H31N3S2/c1-2-12-31(13-3-1)43-29-44(32-21-23-36-35-16-7-9-20-45(35)55-46(36)27-32)54-51(53-43)33-22-24-37-39-25-26-41-48(50(39)56-47(37)28-33)40-17-6-8-19-42(40)52-49(41)38-18-10-14-30-11-4-5-15-34(30)38/h1-25,27-29,41H,26H2. The van der Waals surface area contributed by atoms with Crippen LogP contribution in [0.15, 0.2) is 169 Å². The predicted molar refractivity (Wildman–Crippen MR) is 238 cm³/mol. The summed E-state index contributed by atoms with van der Waals surface area (Å²) in [5, 5.41) is 7.68. The van der Waals surface area contributed by atoms with Gasteiger partial charge >= 0.3 is 0 Å². The Morgan fingerprint density at radius 2 is 1.16 bits per heavy atom. The number of nitrogens with zero attached hydrogens (tertiary/aromatic N) is 3. The van der Waals surface area contributed by atoms with Crippen LogP contribution in [0.3, 0.4) is 0 Å². The van der Waals surface area contributed by atoms with Gasteiger partial charge in [0.1, 0.15) is 0 Å². The van der Waals surface area contributed by atoms with Gasteiger partial charge in [0.25, 0.3) is 0 Å². The Morgan fingerprint density at radius 3 is 2.09 bits per heavy atom. The lowest BCUT2D eigenvalue weighted by molar-refractivity contribution is 0.906. The topological polar surface area (TPSA) is 38.1 Å². The SMILES string of the molecule is C1=c2c(sc3cc(-c4nc(-c5ccccc5)cc(-c5ccc6c(c5)sc5ccccc56)n4)ccc23)=C2c3ccccc3N=C(c3cccc4ccccc34)C2C1. The van der Waals surface area contributed by atoms with Gasteiger partial charge in [-0.25, -0.2) is 9.97 Å². The highest BCUT2D eigenvalue weighted by atomic mass is 32.1. The van der Waals surface area contributed by atoms with Crippen LogP contribution in [0.25, 0.3) is 86.6 Å². The molecule has 262 valence electrons. The highest BCUT2D eigenvalue weighted by Gasteiger charge is 2.32. The first-order valence-electron chi connectivity index (χ1n) is 19.0. The summed E-state index contributed by atoms with van der Waals surface area (Å²) >= 11 is 3.72. The smallest absolute Gasteiger partial charge is 0.160 e. The number of benzene rings is 7. The maximum Gasteiger partial charge on any atom is 0.160 e. The zero-order chi connectivity index (χ0) is 36.7. The molecule has 7 aromatic carbocycles. The van der Waals surface area contributed by atoms with E-state index in [2.05, 4.69) is 170 Å². The molecule has 12 rings (SSSR count). The van der Waals surface area contributed by atoms with Crippen LogP contribution < -0.4 is 9.75 Å². The first-order chi connectivity index (χ1) is 27.7. The molecule has 1 aliphatic heterocycles. The fourth-order valence-electron chi connectivity index (χ4n) is 8.80. The second-order valence-electron chi connectivity index (χ2n) is 14.6. The van der Waals surface area contributed by atoms with E-state index in [0.29, 0.717) is 0 Å². The molecule has 10 aromatic rings. The van der Waals surface area contributed by atoms with Gasteiger partial charge in [-0.05, 0) is 58.3 Å². The minimum absolute atomic E-state index is 0.169. The molecule has 0 bridgehead atoms. The van der Waals surface area contributed by atoms with Gasteiger partial charge in [0.2, 0.25) is 0 Å². The fraction of sp³-hybridized carbons (Fsp3) is 0.0392. The fourth-order valence-corrected chi connectivity index (χ4v) is 11.3. The van der Waals surface area contributed by atoms with Crippen LogP contribution in [0.2, 0.25) is 0 Å². The Morgan fingerprint density at radius 1 is 0.482 bits per heavy atom. The second-order valence-corrected chi connectivity index (χ2v) is 16.8. The lowest BCUT2D eigenvalue weighted by Crippen LogP contribution is -2.34. The van der Waals surface area contributed by atoms with Crippen molar-refractivity contribution in [3.05, 3.63) is 185 Å². The maximum atomic E-state index is 5.39. The van der Waals surface area contributed by atoms with Crippen molar-refractivity contribution in [2.24, 2.45) is 10.9 Å². The molecular weight excluding hydrogens is 719 g/mol. The summed E-state index contributed by atoms with van der Waals surface area (Å²) < 4.78 is 5.14. The first kappa shape index (κ1) is 31.8. The van der Waals surface area contributed by atoms with Crippen molar-refractivity contribution in [1.82, 2.24) is 9.97 Å². The Hall–Kier alpha value is -6.53. The van der Waals surface area contributed by atoms with Crippen molar-refractivity contribution in [3.8, 4) is 33.9 Å². The third-order valence-electron chi connectivity index (χ3n) is 11.4. The highest BCUT2D eigenvalue weighted by Crippen LogP contribution is 2.42. The minimum Gasteiger partial charge on any atom is -0.252 e. The molecule has 5 heteroatoms. The van der Waals surface area contributed by atoms with Crippen LogP contribution in [0, 0.1) is 5.92 Å². The van der Waals surface area contributed by atoms with Crippen molar-refractivity contribution >= 4 is 86.8 Å². The summed E-state index contributed by atoms with van der Waals surface area (Å²) in [6.45, 7) is 0. The molecular formula is C51H31N3S2. The van der Waals surface area contributed by atoms with Gasteiger partial charge in [0.15, 0.2) is 5.82 Å². The van der Waals surface area contributed by atoms with E-state index >= 15 is 0 Å². The summed E-state index contributed by atoms with van der Waals surface area (Å²) in [4.78, 5) is 15.9. The molecule has 3 nitrogen and oxygen atoms in total. The quantitative estimate of drug-likeness (QED) is 0.180. The van der Waals surface area contributed by atoms with Crippen LogP contribution in [-0.4, -0.2) is 15.7 Å². The molecule has 1 atom stereocenters. The van der Waals surface area contributed by atoms with Crippen molar-refractivity contribution in [2.75, 3.05) is 0 Å². The zero-order valence-electron chi connectivity index (χ0n) is 30.1. The third kappa shape index (κ3) is 4.98. The number of aliphatic imine (C=N–C) groups is 1. The van der Waals surface area contributed by atoms with Crippen molar-refractivity contribution in [2.45, 2.75) is 6.42 Å². The average molecular weight is 750 g/mol. The largest absolute Gasteiger partial charge is 0.252 e. The summed E-state index contributed by atoms with van der Waals surface area (Å²) in [5.74, 6) is 0.899. The molecule has 1 unspecified atom stereocenters. The van der Waals surface area contributed by atoms with Gasteiger partial charge in [0, 0.05) is 68.5 Å². The Kier molecular flexibility index (Phi) is 7.10. The number of hydrogen-bond acceptors (Lipinski definition) is 5. The van der Waals surface area contributed by atoms with Gasteiger partial charge in [-0.3, -0.25) is 4.99 Å². The normalized spacial score (nSPS) is 14.8. The molecule has 0 radical (unpaired) electrons. The van der Waals surface area contributed by atoms with E-state index in [1.165, 1.54) is 67.5 Å². The molecule has 0 spiro atoms. The molecule has 0 saturated heterocycles. The van der Waals surface area contributed by atoms with E-state index in [0.717, 1.165) is 51.7 Å². The molecule has 56 heavy (non-hydrogen) atoms. The van der Waals surface area contributed by atoms with Crippen LogP contribution >= 0.6 is 22.7 Å². The molecule has 0 N–H and O–H groups in total. The van der Waals surface area contributed by atoms with E-state index in [4.69, 9.17) is 15.0 Å². The molecule has 2 aliphatic rings. The van der Waals surface area contributed by atoms with E-state index in [9.17, 15) is 0 Å². The Bertz CT molecular complexity index is 3400. The number of aromatic nitrogens is 2. The minimum atomic E-state index is 0.169. The van der Waals surface area contributed by atoms with Crippen LogP contribution in [0.5, 0.6) is 0 Å².